The third-order valence-electron chi connectivity index (χ3n) is 5.82. The van der Waals surface area contributed by atoms with Crippen molar-refractivity contribution in [3.63, 3.8) is 0 Å². The number of nitrogens with zero attached hydrogens (tertiary/aromatic N) is 1. The molecule has 2 amide bonds. The largest absolute Gasteiger partial charge is 0.352 e. The molecule has 0 unspecified atom stereocenters. The second-order valence-electron chi connectivity index (χ2n) is 7.73. The highest BCUT2D eigenvalue weighted by Gasteiger charge is 2.27. The Morgan fingerprint density at radius 1 is 1.07 bits per heavy atom. The van der Waals surface area contributed by atoms with Gasteiger partial charge in [-0.05, 0) is 68.8 Å². The number of hydrogen-bond acceptors (Lipinski definition) is 3. The molecule has 0 saturated carbocycles. The Labute approximate surface area is 172 Å². The summed E-state index contributed by atoms with van der Waals surface area (Å²) in [5, 5.41) is 6.28. The number of likely N-dealkylation sites (tertiary alicyclic amines) is 1. The van der Waals surface area contributed by atoms with Crippen LogP contribution in [0.15, 0.2) is 24.3 Å². The zero-order chi connectivity index (χ0) is 19.1. The van der Waals surface area contributed by atoms with Crippen LogP contribution in [0.5, 0.6) is 0 Å². The van der Waals surface area contributed by atoms with Crippen molar-refractivity contribution >= 4 is 24.2 Å². The number of nitrogens with one attached hydrogen (secondary N) is 2. The lowest BCUT2D eigenvalue weighted by Gasteiger charge is -2.32. The van der Waals surface area contributed by atoms with Crippen molar-refractivity contribution in [2.75, 3.05) is 26.2 Å². The Morgan fingerprint density at radius 3 is 2.36 bits per heavy atom. The van der Waals surface area contributed by atoms with E-state index in [0.717, 1.165) is 25.1 Å². The molecule has 2 saturated heterocycles. The van der Waals surface area contributed by atoms with Gasteiger partial charge in [0, 0.05) is 32.0 Å². The van der Waals surface area contributed by atoms with Gasteiger partial charge in [-0.25, -0.2) is 4.39 Å². The zero-order valence-electron chi connectivity index (χ0n) is 16.3. The predicted molar refractivity (Wildman–Crippen MR) is 110 cm³/mol. The number of carbonyl (C=O) groups excluding carboxylic acids is 2. The molecule has 2 fully saturated rings. The smallest absolute Gasteiger partial charge is 0.223 e. The van der Waals surface area contributed by atoms with E-state index in [1.807, 2.05) is 4.90 Å². The third kappa shape index (κ3) is 6.74. The van der Waals surface area contributed by atoms with Gasteiger partial charge in [-0.3, -0.25) is 9.59 Å². The van der Waals surface area contributed by atoms with Gasteiger partial charge in [-0.15, -0.1) is 12.4 Å². The molecule has 0 radical (unpaired) electrons. The first kappa shape index (κ1) is 22.6. The van der Waals surface area contributed by atoms with Crippen LogP contribution in [0.3, 0.4) is 0 Å². The number of rotatable bonds is 6. The van der Waals surface area contributed by atoms with Gasteiger partial charge in [0.2, 0.25) is 11.8 Å². The van der Waals surface area contributed by atoms with Gasteiger partial charge in [0.05, 0.1) is 0 Å². The summed E-state index contributed by atoms with van der Waals surface area (Å²) < 4.78 is 12.9. The Balaban J connectivity index is 0.00000280. The molecule has 0 atom stereocenters. The van der Waals surface area contributed by atoms with Crippen LogP contribution >= 0.6 is 12.4 Å². The van der Waals surface area contributed by atoms with E-state index < -0.39 is 0 Å². The van der Waals surface area contributed by atoms with Crippen LogP contribution in [0.2, 0.25) is 0 Å². The molecular formula is C21H31ClFN3O2. The van der Waals surface area contributed by atoms with E-state index in [4.69, 9.17) is 0 Å². The second kappa shape index (κ2) is 11.4. The molecule has 0 aliphatic carbocycles. The van der Waals surface area contributed by atoms with Crippen LogP contribution in [0.25, 0.3) is 0 Å². The molecular weight excluding hydrogens is 381 g/mol. The number of piperidine rings is 2. The van der Waals surface area contributed by atoms with E-state index in [1.165, 1.54) is 25.0 Å². The SMILES string of the molecule is Cl.O=C(NCc1ccc(F)cc1)C1CCN(C(=O)CCC2CCNCC2)CC1. The fraction of sp³-hybridized carbons (Fsp3) is 0.619. The average Bonchev–Trinajstić information content (AvgIpc) is 2.72. The van der Waals surface area contributed by atoms with E-state index in [2.05, 4.69) is 10.6 Å². The predicted octanol–water partition coefficient (Wildman–Crippen LogP) is 2.88. The average molecular weight is 412 g/mol. The minimum atomic E-state index is -0.276. The first-order valence-corrected chi connectivity index (χ1v) is 10.1. The minimum Gasteiger partial charge on any atom is -0.352 e. The normalized spacial score (nSPS) is 18.4. The van der Waals surface area contributed by atoms with Gasteiger partial charge < -0.3 is 15.5 Å². The molecule has 0 aromatic heterocycles. The highest BCUT2D eigenvalue weighted by Crippen LogP contribution is 2.21. The van der Waals surface area contributed by atoms with E-state index in [0.29, 0.717) is 44.8 Å². The number of carbonyl (C=O) groups is 2. The molecule has 5 nitrogen and oxygen atoms in total. The molecule has 0 bridgehead atoms. The zero-order valence-corrected chi connectivity index (χ0v) is 17.1. The van der Waals surface area contributed by atoms with E-state index in [1.54, 1.807) is 12.1 Å². The summed E-state index contributed by atoms with van der Waals surface area (Å²) in [5.41, 5.74) is 0.885. The monoisotopic (exact) mass is 411 g/mol. The van der Waals surface area contributed by atoms with Crippen LogP contribution in [0.1, 0.15) is 44.1 Å². The summed E-state index contributed by atoms with van der Waals surface area (Å²) in [7, 11) is 0. The lowest BCUT2D eigenvalue weighted by Crippen LogP contribution is -2.43. The maximum atomic E-state index is 12.9. The molecule has 2 heterocycles. The molecule has 2 aliphatic heterocycles. The van der Waals surface area contributed by atoms with Gasteiger partial charge in [0.1, 0.15) is 5.82 Å². The van der Waals surface area contributed by atoms with Gasteiger partial charge in [-0.2, -0.15) is 0 Å². The molecule has 2 N–H and O–H groups in total. The summed E-state index contributed by atoms with van der Waals surface area (Å²) in [6.45, 7) is 3.88. The summed E-state index contributed by atoms with van der Waals surface area (Å²) in [4.78, 5) is 26.7. The maximum Gasteiger partial charge on any atom is 0.223 e. The summed E-state index contributed by atoms with van der Waals surface area (Å²) in [5.74, 6) is 0.617. The molecule has 1 aromatic rings. The summed E-state index contributed by atoms with van der Waals surface area (Å²) >= 11 is 0. The lowest BCUT2D eigenvalue weighted by molar-refractivity contribution is -0.136. The summed E-state index contributed by atoms with van der Waals surface area (Å²) in [6.07, 6.45) is 5.39. The third-order valence-corrected chi connectivity index (χ3v) is 5.82. The van der Waals surface area contributed by atoms with Crippen molar-refractivity contribution in [2.45, 2.75) is 45.1 Å². The number of hydrogen-bond donors (Lipinski definition) is 2. The van der Waals surface area contributed by atoms with Crippen molar-refractivity contribution in [3.05, 3.63) is 35.6 Å². The van der Waals surface area contributed by atoms with Crippen molar-refractivity contribution in [3.8, 4) is 0 Å². The molecule has 1 aromatic carbocycles. The van der Waals surface area contributed by atoms with Crippen LogP contribution in [-0.4, -0.2) is 42.9 Å². The van der Waals surface area contributed by atoms with Crippen molar-refractivity contribution in [1.29, 1.82) is 0 Å². The van der Waals surface area contributed by atoms with Crippen LogP contribution in [0, 0.1) is 17.7 Å². The quantitative estimate of drug-likeness (QED) is 0.756. The van der Waals surface area contributed by atoms with Gasteiger partial charge in [0.25, 0.3) is 0 Å². The van der Waals surface area contributed by atoms with E-state index >= 15 is 0 Å². The van der Waals surface area contributed by atoms with Crippen molar-refractivity contribution in [1.82, 2.24) is 15.5 Å². The number of halogens is 2. The molecule has 7 heteroatoms. The standard InChI is InChI=1S/C21H30FN3O2.ClH/c22-19-4-1-17(2-5-19)15-24-21(27)18-9-13-25(14-10-18)20(26)6-3-16-7-11-23-12-8-16;/h1-2,4-5,16,18,23H,3,6-15H2,(H,24,27);1H. The minimum absolute atomic E-state index is 0. The highest BCUT2D eigenvalue weighted by atomic mass is 35.5. The first-order valence-electron chi connectivity index (χ1n) is 10.1. The number of benzene rings is 1. The molecule has 156 valence electrons. The van der Waals surface area contributed by atoms with Gasteiger partial charge in [-0.1, -0.05) is 12.1 Å². The number of amides is 2. The van der Waals surface area contributed by atoms with Crippen LogP contribution < -0.4 is 10.6 Å². The lowest BCUT2D eigenvalue weighted by atomic mass is 9.92. The molecule has 0 spiro atoms. The maximum absolute atomic E-state index is 12.9. The Kier molecular flexibility index (Phi) is 9.19. The van der Waals surface area contributed by atoms with Gasteiger partial charge in [0.15, 0.2) is 0 Å². The summed E-state index contributed by atoms with van der Waals surface area (Å²) in [6, 6.07) is 6.16. The Hall–Kier alpha value is -1.66. The van der Waals surface area contributed by atoms with E-state index in [9.17, 15) is 14.0 Å². The molecule has 28 heavy (non-hydrogen) atoms. The van der Waals surface area contributed by atoms with Crippen LogP contribution in [0.4, 0.5) is 4.39 Å². The van der Waals surface area contributed by atoms with Crippen LogP contribution in [-0.2, 0) is 16.1 Å². The fourth-order valence-corrected chi connectivity index (χ4v) is 3.98. The Bertz CT molecular complexity index is 627. The highest BCUT2D eigenvalue weighted by molar-refractivity contribution is 5.85. The van der Waals surface area contributed by atoms with E-state index in [-0.39, 0.29) is 36.0 Å². The molecule has 3 rings (SSSR count). The fourth-order valence-electron chi connectivity index (χ4n) is 3.98. The van der Waals surface area contributed by atoms with Gasteiger partial charge >= 0.3 is 0 Å². The topological polar surface area (TPSA) is 61.4 Å². The first-order chi connectivity index (χ1) is 13.1. The van der Waals surface area contributed by atoms with Crippen molar-refractivity contribution in [2.24, 2.45) is 11.8 Å². The second-order valence-corrected chi connectivity index (χ2v) is 7.73. The Morgan fingerprint density at radius 2 is 1.71 bits per heavy atom. The van der Waals surface area contributed by atoms with Crippen molar-refractivity contribution < 1.29 is 14.0 Å². The molecule has 2 aliphatic rings.